The van der Waals surface area contributed by atoms with Crippen LogP contribution in [0.25, 0.3) is 11.3 Å². The van der Waals surface area contributed by atoms with Gasteiger partial charge in [-0.3, -0.25) is 19.1 Å². The topological polar surface area (TPSA) is 79.0 Å². The Hall–Kier alpha value is -3.72. The minimum absolute atomic E-state index is 0.00955. The number of carbonyl (C=O) groups is 1. The lowest BCUT2D eigenvalue weighted by Crippen LogP contribution is -2.40. The molecule has 28 heavy (non-hydrogen) atoms. The lowest BCUT2D eigenvalue weighted by atomic mass is 10.1. The van der Waals surface area contributed by atoms with Gasteiger partial charge in [-0.15, -0.1) is 0 Å². The zero-order valence-electron chi connectivity index (χ0n) is 15.4. The molecule has 0 spiro atoms. The predicted octanol–water partition coefficient (Wildman–Crippen LogP) is 2.76. The average molecular weight is 370 g/mol. The highest BCUT2D eigenvalue weighted by molar-refractivity contribution is 5.96. The van der Waals surface area contributed by atoms with Gasteiger partial charge in [0, 0.05) is 29.7 Å². The number of carbonyl (C=O) groups excluding carboxylic acids is 1. The third-order valence-electron chi connectivity index (χ3n) is 5.02. The molecule has 3 heterocycles. The summed E-state index contributed by atoms with van der Waals surface area (Å²) in [5, 5.41) is 9.25. The summed E-state index contributed by atoms with van der Waals surface area (Å²) in [4.78, 5) is 31.9. The van der Waals surface area contributed by atoms with Gasteiger partial charge >= 0.3 is 0 Å². The van der Waals surface area contributed by atoms with Crippen LogP contribution in [0.1, 0.15) is 18.1 Å². The third kappa shape index (κ3) is 2.97. The molecule has 0 N–H and O–H groups in total. The monoisotopic (exact) mass is 370 g/mol. The summed E-state index contributed by atoms with van der Waals surface area (Å²) in [5.41, 5.74) is 2.81. The molecule has 1 unspecified atom stereocenters. The van der Waals surface area contributed by atoms with Crippen LogP contribution < -0.4 is 10.5 Å². The molecular weight excluding hydrogens is 352 g/mol. The molecule has 4 rings (SSSR count). The fraction of sp³-hybridized carbons (Fsp3) is 0.182. The third-order valence-corrected chi connectivity index (χ3v) is 5.02. The highest BCUT2D eigenvalue weighted by Crippen LogP contribution is 2.32. The maximum atomic E-state index is 13.2. The van der Waals surface area contributed by atoms with Crippen LogP contribution in [0.5, 0.6) is 0 Å². The number of pyridine rings is 2. The quantitative estimate of drug-likeness (QED) is 0.710. The van der Waals surface area contributed by atoms with Gasteiger partial charge in [-0.25, -0.2) is 0 Å². The van der Waals surface area contributed by atoms with Crippen molar-refractivity contribution in [3.8, 4) is 17.3 Å². The van der Waals surface area contributed by atoms with Crippen molar-refractivity contribution < 1.29 is 4.79 Å². The molecular formula is C22H18N4O2. The molecule has 0 radical (unpaired) electrons. The van der Waals surface area contributed by atoms with Gasteiger partial charge < -0.3 is 4.90 Å². The molecule has 0 saturated heterocycles. The summed E-state index contributed by atoms with van der Waals surface area (Å²) in [6.07, 6.45) is 4.06. The van der Waals surface area contributed by atoms with E-state index in [2.05, 4.69) is 4.98 Å². The number of hydrogen-bond acceptors (Lipinski definition) is 4. The van der Waals surface area contributed by atoms with Crippen molar-refractivity contribution in [1.29, 1.82) is 5.26 Å². The SMILES string of the molecule is CC1Cc2ccccc2N1C(=O)Cn1c(-c2cccnc2)ccc(C#N)c1=O. The van der Waals surface area contributed by atoms with E-state index in [4.69, 9.17) is 0 Å². The van der Waals surface area contributed by atoms with Crippen molar-refractivity contribution in [2.75, 3.05) is 4.90 Å². The number of para-hydroxylation sites is 1. The van der Waals surface area contributed by atoms with Gasteiger partial charge in [-0.1, -0.05) is 18.2 Å². The predicted molar refractivity (Wildman–Crippen MR) is 106 cm³/mol. The van der Waals surface area contributed by atoms with Crippen molar-refractivity contribution in [3.63, 3.8) is 0 Å². The molecule has 0 aliphatic carbocycles. The summed E-state index contributed by atoms with van der Waals surface area (Å²) in [6.45, 7) is 1.85. The Labute approximate surface area is 162 Å². The van der Waals surface area contributed by atoms with Crippen LogP contribution in [0.2, 0.25) is 0 Å². The highest BCUT2D eigenvalue weighted by atomic mass is 16.2. The lowest BCUT2D eigenvalue weighted by molar-refractivity contribution is -0.119. The van der Waals surface area contributed by atoms with Crippen molar-refractivity contribution in [3.05, 3.63) is 82.4 Å². The number of amides is 1. The van der Waals surface area contributed by atoms with Crippen LogP contribution in [0.3, 0.4) is 0 Å². The lowest BCUT2D eigenvalue weighted by Gasteiger charge is -2.24. The fourth-order valence-electron chi connectivity index (χ4n) is 3.74. The number of aromatic nitrogens is 2. The van der Waals surface area contributed by atoms with E-state index in [0.717, 1.165) is 17.7 Å². The second-order valence-electron chi connectivity index (χ2n) is 6.82. The molecule has 1 amide bonds. The molecule has 1 aliphatic heterocycles. The summed E-state index contributed by atoms with van der Waals surface area (Å²) in [5.74, 6) is -0.181. The molecule has 0 bridgehead atoms. The summed E-state index contributed by atoms with van der Waals surface area (Å²) in [7, 11) is 0. The van der Waals surface area contributed by atoms with E-state index >= 15 is 0 Å². The Morgan fingerprint density at radius 1 is 1.21 bits per heavy atom. The maximum absolute atomic E-state index is 13.2. The first-order valence-corrected chi connectivity index (χ1v) is 9.04. The first kappa shape index (κ1) is 17.7. The highest BCUT2D eigenvalue weighted by Gasteiger charge is 2.31. The van der Waals surface area contributed by atoms with E-state index in [0.29, 0.717) is 11.3 Å². The van der Waals surface area contributed by atoms with Gasteiger partial charge in [-0.2, -0.15) is 5.26 Å². The molecule has 1 aliphatic rings. The Morgan fingerprint density at radius 2 is 2.04 bits per heavy atom. The van der Waals surface area contributed by atoms with Crippen molar-refractivity contribution in [1.82, 2.24) is 9.55 Å². The van der Waals surface area contributed by atoms with Crippen molar-refractivity contribution >= 4 is 11.6 Å². The van der Waals surface area contributed by atoms with Crippen LogP contribution >= 0.6 is 0 Å². The Kier molecular flexibility index (Phi) is 4.50. The number of nitrogens with zero attached hydrogens (tertiary/aromatic N) is 4. The first-order valence-electron chi connectivity index (χ1n) is 9.04. The number of fused-ring (bicyclic) bond motifs is 1. The molecule has 3 aromatic rings. The van der Waals surface area contributed by atoms with E-state index in [-0.39, 0.29) is 24.1 Å². The van der Waals surface area contributed by atoms with Gasteiger partial charge in [-0.05, 0) is 49.2 Å². The number of hydrogen-bond donors (Lipinski definition) is 0. The number of nitriles is 1. The zero-order chi connectivity index (χ0) is 19.7. The van der Waals surface area contributed by atoms with Gasteiger partial charge in [0.25, 0.3) is 5.56 Å². The van der Waals surface area contributed by atoms with Crippen molar-refractivity contribution in [2.24, 2.45) is 0 Å². The van der Waals surface area contributed by atoms with Crippen LogP contribution in [-0.2, 0) is 17.8 Å². The molecule has 1 atom stereocenters. The second kappa shape index (κ2) is 7.12. The van der Waals surface area contributed by atoms with Gasteiger partial charge in [0.2, 0.25) is 5.91 Å². The van der Waals surface area contributed by atoms with E-state index < -0.39 is 5.56 Å². The largest absolute Gasteiger partial charge is 0.307 e. The summed E-state index contributed by atoms with van der Waals surface area (Å²) in [6, 6.07) is 16.5. The Balaban J connectivity index is 1.77. The molecule has 6 nitrogen and oxygen atoms in total. The van der Waals surface area contributed by atoms with E-state index in [1.54, 1.807) is 29.4 Å². The zero-order valence-corrected chi connectivity index (χ0v) is 15.4. The maximum Gasteiger partial charge on any atom is 0.269 e. The van der Waals surface area contributed by atoms with Crippen molar-refractivity contribution in [2.45, 2.75) is 25.9 Å². The summed E-state index contributed by atoms with van der Waals surface area (Å²) < 4.78 is 1.37. The van der Waals surface area contributed by atoms with Crippen LogP contribution in [-0.4, -0.2) is 21.5 Å². The first-order chi connectivity index (χ1) is 13.6. The molecule has 6 heteroatoms. The minimum atomic E-state index is -0.475. The smallest absolute Gasteiger partial charge is 0.269 e. The normalized spacial score (nSPS) is 15.1. The van der Waals surface area contributed by atoms with Gasteiger partial charge in [0.1, 0.15) is 18.2 Å². The minimum Gasteiger partial charge on any atom is -0.307 e. The van der Waals surface area contributed by atoms with Crippen LogP contribution in [0, 0.1) is 11.3 Å². The molecule has 1 aromatic carbocycles. The van der Waals surface area contributed by atoms with Gasteiger partial charge in [0.05, 0.1) is 5.69 Å². The van der Waals surface area contributed by atoms with Crippen LogP contribution in [0.15, 0.2) is 65.7 Å². The number of anilines is 1. The van der Waals surface area contributed by atoms with E-state index in [1.807, 2.05) is 43.3 Å². The fourth-order valence-corrected chi connectivity index (χ4v) is 3.74. The van der Waals surface area contributed by atoms with E-state index in [9.17, 15) is 14.9 Å². The standard InChI is InChI=1S/C22H18N4O2/c1-15-11-16-5-2-3-7-20(16)26(15)21(27)14-25-19(18-6-4-10-24-13-18)9-8-17(12-23)22(25)28/h2-10,13,15H,11,14H2,1H3. The number of benzene rings is 1. The molecule has 2 aromatic heterocycles. The van der Waals surface area contributed by atoms with E-state index in [1.165, 1.54) is 10.6 Å². The Morgan fingerprint density at radius 3 is 2.79 bits per heavy atom. The molecule has 0 fully saturated rings. The van der Waals surface area contributed by atoms with Gasteiger partial charge in [0.15, 0.2) is 0 Å². The van der Waals surface area contributed by atoms with Crippen LogP contribution in [0.4, 0.5) is 5.69 Å². The Bertz CT molecular complexity index is 1150. The second-order valence-corrected chi connectivity index (χ2v) is 6.82. The summed E-state index contributed by atoms with van der Waals surface area (Å²) >= 11 is 0. The average Bonchev–Trinajstić information content (AvgIpc) is 3.05. The molecule has 0 saturated carbocycles. The molecule has 138 valence electrons. The number of rotatable bonds is 3.